The summed E-state index contributed by atoms with van der Waals surface area (Å²) in [6.45, 7) is 10.5. The van der Waals surface area contributed by atoms with Crippen LogP contribution in [-0.2, 0) is 0 Å². The molecule has 5 heteroatoms. The fraction of sp³-hybridized carbons (Fsp3) is 0.400. The fourth-order valence-corrected chi connectivity index (χ4v) is 3.38. The third-order valence-electron chi connectivity index (χ3n) is 4.87. The van der Waals surface area contributed by atoms with E-state index in [9.17, 15) is 10.1 Å². The van der Waals surface area contributed by atoms with Gasteiger partial charge in [0.2, 0.25) is 0 Å². The monoisotopic (exact) mass is 336 g/mol. The van der Waals surface area contributed by atoms with E-state index in [4.69, 9.17) is 0 Å². The number of benzene rings is 1. The second-order valence-corrected chi connectivity index (χ2v) is 6.85. The zero-order valence-corrected chi connectivity index (χ0v) is 15.0. The van der Waals surface area contributed by atoms with Crippen molar-refractivity contribution in [1.29, 1.82) is 5.26 Å². The molecule has 1 N–H and O–H groups in total. The van der Waals surface area contributed by atoms with Gasteiger partial charge in [-0.1, -0.05) is 12.1 Å². The van der Waals surface area contributed by atoms with E-state index in [0.29, 0.717) is 11.6 Å². The summed E-state index contributed by atoms with van der Waals surface area (Å²) >= 11 is 0. The lowest BCUT2D eigenvalue weighted by Gasteiger charge is -2.38. The number of nitriles is 1. The summed E-state index contributed by atoms with van der Waals surface area (Å²) in [7, 11) is 0. The topological polar surface area (TPSA) is 63.1 Å². The first-order valence-electron chi connectivity index (χ1n) is 8.73. The molecule has 130 valence electrons. The Kier molecular flexibility index (Phi) is 4.91. The van der Waals surface area contributed by atoms with E-state index < -0.39 is 0 Å². The summed E-state index contributed by atoms with van der Waals surface area (Å²) in [5, 5.41) is 9.30. The maximum atomic E-state index is 12.0. The molecular weight excluding hydrogens is 312 g/mol. The van der Waals surface area contributed by atoms with Gasteiger partial charge in [0.05, 0.1) is 0 Å². The highest BCUT2D eigenvalue weighted by Gasteiger charge is 2.19. The maximum absolute atomic E-state index is 12.0. The van der Waals surface area contributed by atoms with Gasteiger partial charge in [0, 0.05) is 49.2 Å². The lowest BCUT2D eigenvalue weighted by Crippen LogP contribution is -2.48. The number of aromatic amines is 1. The summed E-state index contributed by atoms with van der Waals surface area (Å²) in [5.41, 5.74) is 3.38. The molecular formula is C20H24N4O. The van der Waals surface area contributed by atoms with Gasteiger partial charge in [-0.2, -0.15) is 5.26 Å². The Morgan fingerprint density at radius 2 is 1.76 bits per heavy atom. The first-order valence-corrected chi connectivity index (χ1v) is 8.73. The van der Waals surface area contributed by atoms with Crippen molar-refractivity contribution in [2.24, 2.45) is 0 Å². The van der Waals surface area contributed by atoms with Crippen molar-refractivity contribution in [3.8, 4) is 17.2 Å². The number of hydrogen-bond acceptors (Lipinski definition) is 4. The molecule has 2 heterocycles. The van der Waals surface area contributed by atoms with Crippen LogP contribution < -0.4 is 10.5 Å². The van der Waals surface area contributed by atoms with Gasteiger partial charge in [-0.15, -0.1) is 0 Å². The molecule has 0 radical (unpaired) electrons. The molecule has 0 saturated carbocycles. The lowest BCUT2D eigenvalue weighted by molar-refractivity contribution is 0.209. The third kappa shape index (κ3) is 3.59. The summed E-state index contributed by atoms with van der Waals surface area (Å²) in [5.74, 6) is 0. The standard InChI is InChI=1S/C20H24N4O/c1-14(2)23-8-10-24(11-9-23)17-6-4-16(5-7-17)18-12-15(3)22-20(25)19(18)13-21/h4-7,12,14H,8-11H2,1-3H3,(H,22,25). The maximum Gasteiger partial charge on any atom is 0.266 e. The SMILES string of the molecule is Cc1cc(-c2ccc(N3CCN(C(C)C)CC3)cc2)c(C#N)c(=O)[nH]1. The van der Waals surface area contributed by atoms with Crippen LogP contribution in [-0.4, -0.2) is 42.1 Å². The van der Waals surface area contributed by atoms with Gasteiger partial charge < -0.3 is 9.88 Å². The van der Waals surface area contributed by atoms with Crippen molar-refractivity contribution in [2.75, 3.05) is 31.1 Å². The van der Waals surface area contributed by atoms with Crippen LogP contribution in [0.4, 0.5) is 5.69 Å². The average molecular weight is 336 g/mol. The summed E-state index contributed by atoms with van der Waals surface area (Å²) < 4.78 is 0. The Hall–Kier alpha value is -2.58. The summed E-state index contributed by atoms with van der Waals surface area (Å²) in [4.78, 5) is 19.5. The molecule has 1 aromatic carbocycles. The van der Waals surface area contributed by atoms with Crippen LogP contribution in [0.5, 0.6) is 0 Å². The lowest BCUT2D eigenvalue weighted by atomic mass is 10.0. The van der Waals surface area contributed by atoms with Crippen molar-refractivity contribution in [3.05, 3.63) is 51.9 Å². The van der Waals surface area contributed by atoms with Gasteiger partial charge >= 0.3 is 0 Å². The van der Waals surface area contributed by atoms with Gasteiger partial charge in [-0.3, -0.25) is 9.69 Å². The van der Waals surface area contributed by atoms with Crippen LogP contribution in [0.25, 0.3) is 11.1 Å². The normalized spacial score (nSPS) is 15.4. The van der Waals surface area contributed by atoms with Crippen LogP contribution in [0.15, 0.2) is 35.1 Å². The Morgan fingerprint density at radius 3 is 2.32 bits per heavy atom. The molecule has 0 atom stereocenters. The second-order valence-electron chi connectivity index (χ2n) is 6.85. The minimum atomic E-state index is -0.327. The molecule has 0 spiro atoms. The number of aryl methyl sites for hydroxylation is 1. The number of piperazine rings is 1. The van der Waals surface area contributed by atoms with Gasteiger partial charge in [0.25, 0.3) is 5.56 Å². The number of nitrogens with zero attached hydrogens (tertiary/aromatic N) is 3. The highest BCUT2D eigenvalue weighted by atomic mass is 16.1. The second kappa shape index (κ2) is 7.12. The quantitative estimate of drug-likeness (QED) is 0.936. The fourth-order valence-electron chi connectivity index (χ4n) is 3.38. The van der Waals surface area contributed by atoms with E-state index in [2.05, 4.69) is 40.8 Å². The smallest absolute Gasteiger partial charge is 0.266 e. The molecule has 1 saturated heterocycles. The number of rotatable bonds is 3. The highest BCUT2D eigenvalue weighted by Crippen LogP contribution is 2.25. The van der Waals surface area contributed by atoms with E-state index >= 15 is 0 Å². The van der Waals surface area contributed by atoms with Gasteiger partial charge in [-0.25, -0.2) is 0 Å². The number of nitrogens with one attached hydrogen (secondary N) is 1. The first kappa shape index (κ1) is 17.2. The predicted molar refractivity (Wildman–Crippen MR) is 101 cm³/mol. The zero-order valence-electron chi connectivity index (χ0n) is 15.0. The van der Waals surface area contributed by atoms with Gasteiger partial charge in [0.1, 0.15) is 11.6 Å². The molecule has 2 aromatic rings. The Balaban J connectivity index is 1.83. The van der Waals surface area contributed by atoms with E-state index in [1.165, 1.54) is 5.69 Å². The highest BCUT2D eigenvalue weighted by molar-refractivity contribution is 5.72. The zero-order chi connectivity index (χ0) is 18.0. The van der Waals surface area contributed by atoms with Gasteiger partial charge in [0.15, 0.2) is 0 Å². The molecule has 0 bridgehead atoms. The minimum Gasteiger partial charge on any atom is -0.369 e. The molecule has 0 aliphatic carbocycles. The number of hydrogen-bond donors (Lipinski definition) is 1. The molecule has 1 aliphatic heterocycles. The van der Waals surface area contributed by atoms with Crippen molar-refractivity contribution < 1.29 is 0 Å². The van der Waals surface area contributed by atoms with Crippen LogP contribution in [0, 0.1) is 18.3 Å². The molecule has 1 fully saturated rings. The van der Waals surface area contributed by atoms with Crippen molar-refractivity contribution in [3.63, 3.8) is 0 Å². The van der Waals surface area contributed by atoms with E-state index in [1.807, 2.05) is 31.2 Å². The number of aromatic nitrogens is 1. The number of anilines is 1. The van der Waals surface area contributed by atoms with Crippen LogP contribution >= 0.6 is 0 Å². The molecule has 25 heavy (non-hydrogen) atoms. The Morgan fingerprint density at radius 1 is 1.12 bits per heavy atom. The summed E-state index contributed by atoms with van der Waals surface area (Å²) in [6.07, 6.45) is 0. The number of H-pyrrole nitrogens is 1. The van der Waals surface area contributed by atoms with E-state index in [0.717, 1.165) is 37.4 Å². The third-order valence-corrected chi connectivity index (χ3v) is 4.87. The molecule has 1 aromatic heterocycles. The van der Waals surface area contributed by atoms with Crippen LogP contribution in [0.2, 0.25) is 0 Å². The number of pyridine rings is 1. The van der Waals surface area contributed by atoms with Crippen molar-refractivity contribution in [1.82, 2.24) is 9.88 Å². The summed E-state index contributed by atoms with van der Waals surface area (Å²) in [6, 6.07) is 12.6. The first-order chi connectivity index (χ1) is 12.0. The Labute approximate surface area is 148 Å². The molecule has 3 rings (SSSR count). The van der Waals surface area contributed by atoms with Crippen molar-refractivity contribution >= 4 is 5.69 Å². The minimum absolute atomic E-state index is 0.170. The van der Waals surface area contributed by atoms with E-state index in [1.54, 1.807) is 0 Å². The predicted octanol–water partition coefficient (Wildman–Crippen LogP) is 2.75. The van der Waals surface area contributed by atoms with Crippen LogP contribution in [0.3, 0.4) is 0 Å². The average Bonchev–Trinajstić information content (AvgIpc) is 2.61. The Bertz CT molecular complexity index is 837. The largest absolute Gasteiger partial charge is 0.369 e. The molecule has 0 amide bonds. The molecule has 0 unspecified atom stereocenters. The van der Waals surface area contributed by atoms with Crippen molar-refractivity contribution in [2.45, 2.75) is 26.8 Å². The van der Waals surface area contributed by atoms with Gasteiger partial charge in [-0.05, 0) is 44.5 Å². The molecule has 5 nitrogen and oxygen atoms in total. The molecule has 1 aliphatic rings. The van der Waals surface area contributed by atoms with Crippen LogP contribution in [0.1, 0.15) is 25.1 Å². The van der Waals surface area contributed by atoms with E-state index in [-0.39, 0.29) is 11.1 Å².